The van der Waals surface area contributed by atoms with Gasteiger partial charge in [0.25, 0.3) is 0 Å². The van der Waals surface area contributed by atoms with E-state index in [4.69, 9.17) is 4.74 Å². The molecular formula is C14H19FO2. The molecule has 2 atom stereocenters. The molecule has 3 heteroatoms. The number of halogens is 1. The van der Waals surface area contributed by atoms with E-state index < -0.39 is 0 Å². The average Bonchev–Trinajstić information content (AvgIpc) is 2.84. The molecule has 0 saturated carbocycles. The van der Waals surface area contributed by atoms with Crippen molar-refractivity contribution in [2.24, 2.45) is 5.92 Å². The first-order valence-corrected chi connectivity index (χ1v) is 6.25. The van der Waals surface area contributed by atoms with Gasteiger partial charge >= 0.3 is 0 Å². The van der Waals surface area contributed by atoms with Crippen LogP contribution in [0.2, 0.25) is 0 Å². The highest BCUT2D eigenvalue weighted by Gasteiger charge is 2.20. The van der Waals surface area contributed by atoms with Gasteiger partial charge < -0.3 is 9.84 Å². The second kappa shape index (κ2) is 6.12. The van der Waals surface area contributed by atoms with Crippen LogP contribution in [0, 0.1) is 11.7 Å². The van der Waals surface area contributed by atoms with Crippen molar-refractivity contribution in [2.45, 2.75) is 31.8 Å². The molecule has 1 saturated heterocycles. The summed E-state index contributed by atoms with van der Waals surface area (Å²) >= 11 is 0. The van der Waals surface area contributed by atoms with Crippen LogP contribution in [0.3, 0.4) is 0 Å². The molecule has 0 aromatic heterocycles. The highest BCUT2D eigenvalue weighted by molar-refractivity contribution is 5.16. The van der Waals surface area contributed by atoms with Gasteiger partial charge in [-0.05, 0) is 49.3 Å². The zero-order valence-corrected chi connectivity index (χ0v) is 9.94. The molecule has 17 heavy (non-hydrogen) atoms. The van der Waals surface area contributed by atoms with Crippen molar-refractivity contribution in [2.75, 3.05) is 13.2 Å². The maximum absolute atomic E-state index is 12.8. The molecule has 0 amide bonds. The molecule has 0 radical (unpaired) electrons. The Hall–Kier alpha value is -0.930. The molecule has 2 nitrogen and oxygen atoms in total. The van der Waals surface area contributed by atoms with Crippen molar-refractivity contribution in [3.63, 3.8) is 0 Å². The van der Waals surface area contributed by atoms with Gasteiger partial charge in [-0.1, -0.05) is 12.1 Å². The van der Waals surface area contributed by atoms with E-state index in [9.17, 15) is 9.50 Å². The van der Waals surface area contributed by atoms with E-state index in [1.807, 2.05) is 0 Å². The number of benzene rings is 1. The lowest BCUT2D eigenvalue weighted by Gasteiger charge is -2.18. The first-order chi connectivity index (χ1) is 8.28. The van der Waals surface area contributed by atoms with Gasteiger partial charge in [-0.25, -0.2) is 4.39 Å². The highest BCUT2D eigenvalue weighted by Crippen LogP contribution is 2.22. The fraction of sp³-hybridized carbons (Fsp3) is 0.571. The lowest BCUT2D eigenvalue weighted by atomic mass is 9.93. The predicted molar refractivity (Wildman–Crippen MR) is 64.3 cm³/mol. The van der Waals surface area contributed by atoms with E-state index in [0.29, 0.717) is 6.10 Å². The van der Waals surface area contributed by atoms with Crippen LogP contribution in [0.25, 0.3) is 0 Å². The minimum Gasteiger partial charge on any atom is -0.396 e. The largest absolute Gasteiger partial charge is 0.396 e. The van der Waals surface area contributed by atoms with Crippen molar-refractivity contribution < 1.29 is 14.2 Å². The fourth-order valence-electron chi connectivity index (χ4n) is 2.38. The zero-order chi connectivity index (χ0) is 12.1. The first kappa shape index (κ1) is 12.5. The molecule has 1 aliphatic heterocycles. The summed E-state index contributed by atoms with van der Waals surface area (Å²) in [6, 6.07) is 6.51. The third kappa shape index (κ3) is 3.79. The second-order valence-corrected chi connectivity index (χ2v) is 4.75. The van der Waals surface area contributed by atoms with Crippen LogP contribution in [-0.4, -0.2) is 24.4 Å². The highest BCUT2D eigenvalue weighted by atomic mass is 19.1. The summed E-state index contributed by atoms with van der Waals surface area (Å²) in [7, 11) is 0. The van der Waals surface area contributed by atoms with Gasteiger partial charge in [0.1, 0.15) is 5.82 Å². The minimum atomic E-state index is -0.214. The van der Waals surface area contributed by atoms with Gasteiger partial charge in [0.05, 0.1) is 6.10 Å². The number of hydrogen-bond acceptors (Lipinski definition) is 2. The predicted octanol–water partition coefficient (Wildman–Crippen LogP) is 2.55. The number of aliphatic hydroxyl groups excluding tert-OH is 1. The van der Waals surface area contributed by atoms with E-state index >= 15 is 0 Å². The Morgan fingerprint density at radius 1 is 1.35 bits per heavy atom. The number of hydrogen-bond donors (Lipinski definition) is 1. The van der Waals surface area contributed by atoms with Crippen LogP contribution < -0.4 is 0 Å². The quantitative estimate of drug-likeness (QED) is 0.854. The van der Waals surface area contributed by atoms with Crippen molar-refractivity contribution in [1.29, 1.82) is 0 Å². The van der Waals surface area contributed by atoms with Gasteiger partial charge in [-0.2, -0.15) is 0 Å². The smallest absolute Gasteiger partial charge is 0.123 e. The van der Waals surface area contributed by atoms with Gasteiger partial charge in [-0.15, -0.1) is 0 Å². The fourth-order valence-corrected chi connectivity index (χ4v) is 2.38. The molecular weight excluding hydrogens is 219 g/mol. The van der Waals surface area contributed by atoms with Crippen molar-refractivity contribution >= 4 is 0 Å². The number of ether oxygens (including phenoxy) is 1. The molecule has 1 N–H and O–H groups in total. The summed E-state index contributed by atoms with van der Waals surface area (Å²) in [4.78, 5) is 0. The Morgan fingerprint density at radius 3 is 2.71 bits per heavy atom. The normalized spacial score (nSPS) is 21.6. The molecule has 1 heterocycles. The van der Waals surface area contributed by atoms with Crippen molar-refractivity contribution in [3.8, 4) is 0 Å². The van der Waals surface area contributed by atoms with Gasteiger partial charge in [0, 0.05) is 13.2 Å². The summed E-state index contributed by atoms with van der Waals surface area (Å²) in [6.45, 7) is 1.01. The second-order valence-electron chi connectivity index (χ2n) is 4.75. The Morgan fingerprint density at radius 2 is 2.12 bits per heavy atom. The average molecular weight is 238 g/mol. The molecule has 1 aromatic carbocycles. The van der Waals surface area contributed by atoms with E-state index in [-0.39, 0.29) is 18.3 Å². The van der Waals surface area contributed by atoms with Crippen LogP contribution in [0.1, 0.15) is 24.8 Å². The maximum atomic E-state index is 12.8. The lowest BCUT2D eigenvalue weighted by molar-refractivity contribution is 0.0766. The van der Waals surface area contributed by atoms with Crippen LogP contribution in [0.15, 0.2) is 24.3 Å². The summed E-state index contributed by atoms with van der Waals surface area (Å²) in [5.74, 6) is -0.00279. The van der Waals surface area contributed by atoms with E-state index in [0.717, 1.165) is 37.9 Å². The summed E-state index contributed by atoms with van der Waals surface area (Å²) in [5, 5.41) is 9.37. The van der Waals surface area contributed by atoms with Crippen LogP contribution >= 0.6 is 0 Å². The molecule has 1 fully saturated rings. The molecule has 1 aromatic rings. The van der Waals surface area contributed by atoms with Crippen LogP contribution in [0.5, 0.6) is 0 Å². The van der Waals surface area contributed by atoms with E-state index in [2.05, 4.69) is 0 Å². The maximum Gasteiger partial charge on any atom is 0.123 e. The van der Waals surface area contributed by atoms with Gasteiger partial charge in [0.15, 0.2) is 0 Å². The summed E-state index contributed by atoms with van der Waals surface area (Å²) < 4.78 is 18.3. The summed E-state index contributed by atoms with van der Waals surface area (Å²) in [5.41, 5.74) is 1.07. The Labute approximate surface area is 101 Å². The van der Waals surface area contributed by atoms with E-state index in [1.54, 1.807) is 12.1 Å². The molecule has 1 aliphatic rings. The minimum absolute atomic E-state index is 0.164. The number of rotatable bonds is 5. The van der Waals surface area contributed by atoms with Crippen LogP contribution in [0.4, 0.5) is 4.39 Å². The van der Waals surface area contributed by atoms with Crippen LogP contribution in [-0.2, 0) is 11.2 Å². The first-order valence-electron chi connectivity index (χ1n) is 6.25. The molecule has 0 spiro atoms. The molecule has 2 rings (SSSR count). The monoisotopic (exact) mass is 238 g/mol. The Bertz CT molecular complexity index is 331. The van der Waals surface area contributed by atoms with E-state index in [1.165, 1.54) is 12.1 Å². The van der Waals surface area contributed by atoms with Gasteiger partial charge in [0.2, 0.25) is 0 Å². The summed E-state index contributed by atoms with van der Waals surface area (Å²) in [6.07, 6.45) is 4.21. The number of aliphatic hydroxyl groups is 1. The van der Waals surface area contributed by atoms with Crippen molar-refractivity contribution in [3.05, 3.63) is 35.6 Å². The lowest BCUT2D eigenvalue weighted by Crippen LogP contribution is -2.18. The third-order valence-electron chi connectivity index (χ3n) is 3.32. The topological polar surface area (TPSA) is 29.5 Å². The molecule has 2 unspecified atom stereocenters. The Kier molecular flexibility index (Phi) is 4.51. The van der Waals surface area contributed by atoms with Crippen molar-refractivity contribution in [1.82, 2.24) is 0 Å². The molecule has 0 aliphatic carbocycles. The Balaban J connectivity index is 1.87. The standard InChI is InChI=1S/C14H19FO2/c15-13-5-3-11(4-6-13)8-12(10-16)9-14-2-1-7-17-14/h3-6,12,14,16H,1-2,7-10H2. The molecule has 94 valence electrons. The molecule has 0 bridgehead atoms. The van der Waals surface area contributed by atoms with Gasteiger partial charge in [-0.3, -0.25) is 0 Å². The third-order valence-corrected chi connectivity index (χ3v) is 3.32. The zero-order valence-electron chi connectivity index (χ0n) is 9.94. The SMILES string of the molecule is OCC(Cc1ccc(F)cc1)CC1CCCO1.